The van der Waals surface area contributed by atoms with Crippen molar-refractivity contribution in [3.05, 3.63) is 77.6 Å². The molecule has 2 aliphatic rings. The van der Waals surface area contributed by atoms with Crippen LogP contribution < -0.4 is 0 Å². The Kier molecular flexibility index (Phi) is 6.11. The minimum atomic E-state index is -2.82. The lowest BCUT2D eigenvalue weighted by Gasteiger charge is -2.38. The van der Waals surface area contributed by atoms with Gasteiger partial charge in [-0.25, -0.2) is 13.5 Å². The van der Waals surface area contributed by atoms with E-state index in [2.05, 4.69) is 33.1 Å². The van der Waals surface area contributed by atoms with Gasteiger partial charge in [0, 0.05) is 43.0 Å². The Hall–Kier alpha value is -4.18. The van der Waals surface area contributed by atoms with E-state index < -0.39 is 19.0 Å². The zero-order valence-electron chi connectivity index (χ0n) is 22.9. The third-order valence-corrected chi connectivity index (χ3v) is 8.42. The van der Waals surface area contributed by atoms with Crippen LogP contribution in [0.1, 0.15) is 40.5 Å². The minimum Gasteiger partial charge on any atom is -0.381 e. The third kappa shape index (κ3) is 4.37. The van der Waals surface area contributed by atoms with Gasteiger partial charge in [-0.15, -0.1) is 5.10 Å². The third-order valence-electron chi connectivity index (χ3n) is 8.42. The molecule has 0 spiro atoms. The van der Waals surface area contributed by atoms with Crippen LogP contribution in [-0.4, -0.2) is 67.6 Å². The molecule has 3 aromatic heterocycles. The lowest BCUT2D eigenvalue weighted by molar-refractivity contribution is -0.113. The summed E-state index contributed by atoms with van der Waals surface area (Å²) in [5.41, 5.74) is 6.72. The van der Waals surface area contributed by atoms with Crippen LogP contribution in [0.15, 0.2) is 60.8 Å². The molecule has 1 amide bonds. The second kappa shape index (κ2) is 9.73. The Morgan fingerprint density at radius 3 is 2.49 bits per heavy atom. The summed E-state index contributed by atoms with van der Waals surface area (Å²) in [5, 5.41) is 9.33. The number of aryl methyl sites for hydroxylation is 2. The van der Waals surface area contributed by atoms with Crippen LogP contribution >= 0.6 is 0 Å². The molecule has 0 aliphatic carbocycles. The molecule has 1 atom stereocenters. The number of carbonyl (C=O) groups is 1. The first-order chi connectivity index (χ1) is 19.8. The zero-order valence-corrected chi connectivity index (χ0v) is 22.9. The van der Waals surface area contributed by atoms with Crippen molar-refractivity contribution >= 4 is 27.8 Å². The normalized spacial score (nSPS) is 18.1. The van der Waals surface area contributed by atoms with Crippen molar-refractivity contribution in [2.24, 2.45) is 13.0 Å². The van der Waals surface area contributed by atoms with E-state index in [1.807, 2.05) is 50.5 Å². The van der Waals surface area contributed by atoms with Crippen LogP contribution in [0.3, 0.4) is 0 Å². The van der Waals surface area contributed by atoms with Gasteiger partial charge in [0.2, 0.25) is 0 Å². The molecule has 41 heavy (non-hydrogen) atoms. The second-order valence-corrected chi connectivity index (χ2v) is 11.2. The van der Waals surface area contributed by atoms with E-state index >= 15 is 0 Å². The number of benzene rings is 2. The molecule has 8 nitrogen and oxygen atoms in total. The number of ether oxygens (including phenoxy) is 1. The molecule has 0 N–H and O–H groups in total. The molecule has 2 fully saturated rings. The van der Waals surface area contributed by atoms with Crippen LogP contribution in [0.2, 0.25) is 0 Å². The van der Waals surface area contributed by atoms with Gasteiger partial charge in [-0.2, -0.15) is 0 Å². The number of aromatic nitrogens is 5. The fourth-order valence-electron chi connectivity index (χ4n) is 6.48. The standard InChI is InChI=1S/C31H30F2N6O2/c1-19-28(37(2)36-35-19)23-15-26-27(34-16-23)24-9-8-22(30(40)38-17-31(32,33)18-38)14-25(24)39(26)29(20-6-4-3-5-7-20)21-10-12-41-13-11-21/h3-9,14-16,21,29H,10-13,17-18H2,1-2H3/t29-/m1/s1. The van der Waals surface area contributed by atoms with Crippen molar-refractivity contribution in [1.82, 2.24) is 29.4 Å². The second-order valence-electron chi connectivity index (χ2n) is 11.2. The summed E-state index contributed by atoms with van der Waals surface area (Å²) in [5.74, 6) is -2.93. The van der Waals surface area contributed by atoms with Gasteiger partial charge in [-0.3, -0.25) is 9.78 Å². The summed E-state index contributed by atoms with van der Waals surface area (Å²) in [6, 6.07) is 17.9. The molecule has 10 heteroatoms. The first-order valence-electron chi connectivity index (χ1n) is 13.9. The number of alkyl halides is 2. The quantitative estimate of drug-likeness (QED) is 0.290. The van der Waals surface area contributed by atoms with Crippen molar-refractivity contribution in [3.63, 3.8) is 0 Å². The van der Waals surface area contributed by atoms with Crippen LogP contribution in [0.4, 0.5) is 8.78 Å². The predicted molar refractivity (Wildman–Crippen MR) is 151 cm³/mol. The molecular formula is C31H30F2N6O2. The number of fused-ring (bicyclic) bond motifs is 3. The van der Waals surface area contributed by atoms with Crippen molar-refractivity contribution in [2.45, 2.75) is 31.7 Å². The van der Waals surface area contributed by atoms with Crippen molar-refractivity contribution in [3.8, 4) is 11.3 Å². The van der Waals surface area contributed by atoms with Gasteiger partial charge in [0.15, 0.2) is 0 Å². The predicted octanol–water partition coefficient (Wildman–Crippen LogP) is 5.40. The van der Waals surface area contributed by atoms with Crippen molar-refractivity contribution < 1.29 is 18.3 Å². The maximum absolute atomic E-state index is 13.6. The van der Waals surface area contributed by atoms with E-state index in [1.54, 1.807) is 10.7 Å². The SMILES string of the molecule is Cc1nnn(C)c1-c1cnc2c3ccc(C(=O)N4CC(F)(F)C4)cc3n([C@H](c3ccccc3)C3CCOCC3)c2c1. The van der Waals surface area contributed by atoms with E-state index in [1.165, 1.54) is 4.90 Å². The Balaban J connectivity index is 1.48. The number of hydrogen-bond donors (Lipinski definition) is 0. The van der Waals surface area contributed by atoms with Crippen LogP contribution in [0.25, 0.3) is 33.2 Å². The number of amides is 1. The van der Waals surface area contributed by atoms with Gasteiger partial charge in [0.25, 0.3) is 11.8 Å². The number of carbonyl (C=O) groups excluding carboxylic acids is 1. The summed E-state index contributed by atoms with van der Waals surface area (Å²) in [7, 11) is 1.86. The van der Waals surface area contributed by atoms with E-state index in [-0.39, 0.29) is 17.9 Å². The Labute approximate surface area is 235 Å². The van der Waals surface area contributed by atoms with Crippen LogP contribution in [0, 0.1) is 12.8 Å². The molecule has 0 bridgehead atoms. The number of hydrogen-bond acceptors (Lipinski definition) is 5. The molecule has 5 aromatic rings. The number of likely N-dealkylation sites (tertiary alicyclic amines) is 1. The Morgan fingerprint density at radius 2 is 1.80 bits per heavy atom. The highest BCUT2D eigenvalue weighted by Gasteiger charge is 2.46. The van der Waals surface area contributed by atoms with Crippen LogP contribution in [0.5, 0.6) is 0 Å². The summed E-state index contributed by atoms with van der Waals surface area (Å²) in [4.78, 5) is 19.4. The van der Waals surface area contributed by atoms with E-state index in [9.17, 15) is 13.6 Å². The summed E-state index contributed by atoms with van der Waals surface area (Å²) >= 11 is 0. The summed E-state index contributed by atoms with van der Waals surface area (Å²) < 4.78 is 37.0. The first kappa shape index (κ1) is 25.8. The molecule has 2 aromatic carbocycles. The molecule has 2 saturated heterocycles. The zero-order chi connectivity index (χ0) is 28.3. The molecule has 0 radical (unpaired) electrons. The van der Waals surface area contributed by atoms with Gasteiger partial charge in [0.1, 0.15) is 0 Å². The fraction of sp³-hybridized carbons (Fsp3) is 0.355. The van der Waals surface area contributed by atoms with Gasteiger partial charge in [-0.1, -0.05) is 35.5 Å². The minimum absolute atomic E-state index is 0.0541. The van der Waals surface area contributed by atoms with E-state index in [4.69, 9.17) is 9.72 Å². The molecule has 210 valence electrons. The molecule has 0 unspecified atom stereocenters. The summed E-state index contributed by atoms with van der Waals surface area (Å²) in [6.45, 7) is 2.19. The maximum atomic E-state index is 13.6. The average Bonchev–Trinajstić information content (AvgIpc) is 3.47. The van der Waals surface area contributed by atoms with Gasteiger partial charge < -0.3 is 14.2 Å². The maximum Gasteiger partial charge on any atom is 0.282 e. The highest BCUT2D eigenvalue weighted by Crippen LogP contribution is 2.41. The molecule has 2 aliphatic heterocycles. The molecule has 5 heterocycles. The lowest BCUT2D eigenvalue weighted by atomic mass is 9.86. The molecule has 7 rings (SSSR count). The van der Waals surface area contributed by atoms with Gasteiger partial charge >= 0.3 is 0 Å². The van der Waals surface area contributed by atoms with Crippen molar-refractivity contribution in [2.75, 3.05) is 26.3 Å². The monoisotopic (exact) mass is 556 g/mol. The highest BCUT2D eigenvalue weighted by molar-refractivity contribution is 6.09. The summed E-state index contributed by atoms with van der Waals surface area (Å²) in [6.07, 6.45) is 3.62. The van der Waals surface area contributed by atoms with Crippen molar-refractivity contribution in [1.29, 1.82) is 0 Å². The topological polar surface area (TPSA) is 78.1 Å². The molecular weight excluding hydrogens is 526 g/mol. The largest absolute Gasteiger partial charge is 0.381 e. The number of rotatable bonds is 5. The number of pyridine rings is 1. The first-order valence-corrected chi connectivity index (χ1v) is 13.9. The lowest BCUT2D eigenvalue weighted by Crippen LogP contribution is -2.58. The van der Waals surface area contributed by atoms with Gasteiger partial charge in [0.05, 0.1) is 47.1 Å². The van der Waals surface area contributed by atoms with E-state index in [0.29, 0.717) is 18.8 Å². The Bertz CT molecular complexity index is 1750. The van der Waals surface area contributed by atoms with E-state index in [0.717, 1.165) is 57.3 Å². The average molecular weight is 557 g/mol. The van der Waals surface area contributed by atoms with Gasteiger partial charge in [-0.05, 0) is 55.5 Å². The highest BCUT2D eigenvalue weighted by atomic mass is 19.3. The fourth-order valence-corrected chi connectivity index (χ4v) is 6.48. The smallest absolute Gasteiger partial charge is 0.282 e. The molecule has 0 saturated carbocycles. The number of halogens is 2. The number of nitrogens with zero attached hydrogens (tertiary/aromatic N) is 6. The van der Waals surface area contributed by atoms with Crippen LogP contribution in [-0.2, 0) is 11.8 Å². The Morgan fingerprint density at radius 1 is 1.05 bits per heavy atom.